The summed E-state index contributed by atoms with van der Waals surface area (Å²) >= 11 is 0. The molecular formula is C14H16F3NO2. The van der Waals surface area contributed by atoms with Gasteiger partial charge in [0.15, 0.2) is 0 Å². The van der Waals surface area contributed by atoms with E-state index in [4.69, 9.17) is 4.74 Å². The molecule has 1 N–H and O–H groups in total. The summed E-state index contributed by atoms with van der Waals surface area (Å²) in [5.74, 6) is -0.725. The van der Waals surface area contributed by atoms with Crippen LogP contribution in [0.5, 0.6) is 5.75 Å². The quantitative estimate of drug-likeness (QED) is 0.873. The highest BCUT2D eigenvalue weighted by atomic mass is 19.3. The van der Waals surface area contributed by atoms with Crippen LogP contribution in [0.3, 0.4) is 0 Å². The van der Waals surface area contributed by atoms with E-state index < -0.39 is 29.7 Å². The Morgan fingerprint density at radius 2 is 2.15 bits per heavy atom. The highest BCUT2D eigenvalue weighted by molar-refractivity contribution is 5.85. The standard InChI is InChI=1S/C14H16F3NO2/c1-9(20-11-4-2-3-10(15)7-11)8-18-13(19)14(5-6-14)12(16)17/h2-4,7,9,12H,5-6,8H2,1H3,(H,18,19). The Bertz CT molecular complexity index is 489. The van der Waals surface area contributed by atoms with Gasteiger partial charge in [0.1, 0.15) is 23.1 Å². The van der Waals surface area contributed by atoms with Crippen molar-refractivity contribution >= 4 is 5.91 Å². The predicted molar refractivity (Wildman–Crippen MR) is 67.2 cm³/mol. The molecule has 3 nitrogen and oxygen atoms in total. The lowest BCUT2D eigenvalue weighted by Crippen LogP contribution is -2.40. The van der Waals surface area contributed by atoms with E-state index in [1.807, 2.05) is 0 Å². The molecule has 0 aromatic heterocycles. The summed E-state index contributed by atoms with van der Waals surface area (Å²) in [5.41, 5.74) is -1.50. The van der Waals surface area contributed by atoms with E-state index in [-0.39, 0.29) is 19.4 Å². The lowest BCUT2D eigenvalue weighted by molar-refractivity contribution is -0.132. The molecule has 1 amide bonds. The number of alkyl halides is 2. The van der Waals surface area contributed by atoms with Crippen molar-refractivity contribution < 1.29 is 22.7 Å². The summed E-state index contributed by atoms with van der Waals surface area (Å²) in [6.07, 6.45) is -2.64. The monoisotopic (exact) mass is 287 g/mol. The van der Waals surface area contributed by atoms with Crippen molar-refractivity contribution in [2.45, 2.75) is 32.3 Å². The van der Waals surface area contributed by atoms with E-state index in [2.05, 4.69) is 5.32 Å². The lowest BCUT2D eigenvalue weighted by atomic mass is 10.1. The molecule has 1 atom stereocenters. The van der Waals surface area contributed by atoms with Crippen LogP contribution in [0.1, 0.15) is 19.8 Å². The van der Waals surface area contributed by atoms with E-state index in [1.54, 1.807) is 13.0 Å². The molecule has 0 heterocycles. The summed E-state index contributed by atoms with van der Waals surface area (Å²) in [5, 5.41) is 2.46. The molecule has 1 fully saturated rings. The predicted octanol–water partition coefficient (Wildman–Crippen LogP) is 2.75. The summed E-state index contributed by atoms with van der Waals surface area (Å²) in [6.45, 7) is 1.77. The van der Waals surface area contributed by atoms with Crippen molar-refractivity contribution in [3.63, 3.8) is 0 Å². The van der Waals surface area contributed by atoms with Gasteiger partial charge in [0.2, 0.25) is 5.91 Å². The Labute approximate surface area is 115 Å². The summed E-state index contributed by atoms with van der Waals surface area (Å²) in [6, 6.07) is 5.60. The van der Waals surface area contributed by atoms with Crippen molar-refractivity contribution in [3.8, 4) is 5.75 Å². The molecule has 0 radical (unpaired) electrons. The minimum Gasteiger partial charge on any atom is -0.489 e. The maximum Gasteiger partial charge on any atom is 0.252 e. The Kier molecular flexibility index (Phi) is 4.20. The van der Waals surface area contributed by atoms with Gasteiger partial charge in [-0.2, -0.15) is 0 Å². The van der Waals surface area contributed by atoms with Crippen LogP contribution in [-0.2, 0) is 4.79 Å². The third-order valence-corrected chi connectivity index (χ3v) is 3.34. The molecule has 1 saturated carbocycles. The number of hydrogen-bond donors (Lipinski definition) is 1. The molecule has 1 aromatic carbocycles. The van der Waals surface area contributed by atoms with E-state index in [1.165, 1.54) is 18.2 Å². The average molecular weight is 287 g/mol. The first-order valence-corrected chi connectivity index (χ1v) is 6.43. The van der Waals surface area contributed by atoms with Crippen molar-refractivity contribution in [2.24, 2.45) is 5.41 Å². The number of nitrogens with one attached hydrogen (secondary N) is 1. The highest BCUT2D eigenvalue weighted by Gasteiger charge is 2.57. The number of rotatable bonds is 6. The molecule has 0 bridgehead atoms. The number of halogens is 3. The van der Waals surface area contributed by atoms with Gasteiger partial charge in [0.25, 0.3) is 6.43 Å². The molecule has 1 aliphatic carbocycles. The molecule has 6 heteroatoms. The van der Waals surface area contributed by atoms with Crippen molar-refractivity contribution in [2.75, 3.05) is 6.54 Å². The SMILES string of the molecule is CC(CNC(=O)C1(C(F)F)CC1)Oc1cccc(F)c1. The van der Waals surface area contributed by atoms with Crippen LogP contribution in [0.25, 0.3) is 0 Å². The summed E-state index contributed by atoms with van der Waals surface area (Å²) < 4.78 is 43.8. The normalized spacial score (nSPS) is 17.6. The van der Waals surface area contributed by atoms with Gasteiger partial charge in [-0.3, -0.25) is 4.79 Å². The average Bonchev–Trinajstić information content (AvgIpc) is 3.17. The fourth-order valence-electron chi connectivity index (χ4n) is 1.91. The summed E-state index contributed by atoms with van der Waals surface area (Å²) in [7, 11) is 0. The molecule has 20 heavy (non-hydrogen) atoms. The third-order valence-electron chi connectivity index (χ3n) is 3.34. The van der Waals surface area contributed by atoms with Crippen LogP contribution in [-0.4, -0.2) is 25.0 Å². The minimum absolute atomic E-state index is 0.101. The Morgan fingerprint density at radius 1 is 1.45 bits per heavy atom. The van der Waals surface area contributed by atoms with Crippen molar-refractivity contribution in [3.05, 3.63) is 30.1 Å². The van der Waals surface area contributed by atoms with Gasteiger partial charge in [-0.15, -0.1) is 0 Å². The molecule has 1 aromatic rings. The Balaban J connectivity index is 1.81. The molecule has 1 unspecified atom stereocenters. The van der Waals surface area contributed by atoms with E-state index in [0.717, 1.165) is 0 Å². The number of ether oxygens (including phenoxy) is 1. The van der Waals surface area contributed by atoms with Gasteiger partial charge >= 0.3 is 0 Å². The first-order valence-electron chi connectivity index (χ1n) is 6.43. The van der Waals surface area contributed by atoms with E-state index >= 15 is 0 Å². The van der Waals surface area contributed by atoms with Gasteiger partial charge in [0, 0.05) is 6.07 Å². The number of benzene rings is 1. The molecule has 2 rings (SSSR count). The zero-order valence-electron chi connectivity index (χ0n) is 11.0. The first-order chi connectivity index (χ1) is 9.44. The second-order valence-electron chi connectivity index (χ2n) is 5.05. The van der Waals surface area contributed by atoms with Gasteiger partial charge in [-0.25, -0.2) is 13.2 Å². The lowest BCUT2D eigenvalue weighted by Gasteiger charge is -2.18. The van der Waals surface area contributed by atoms with E-state index in [0.29, 0.717) is 5.75 Å². The van der Waals surface area contributed by atoms with Gasteiger partial charge < -0.3 is 10.1 Å². The number of amides is 1. The first kappa shape index (κ1) is 14.7. The van der Waals surface area contributed by atoms with Crippen LogP contribution in [0.2, 0.25) is 0 Å². The molecule has 0 saturated heterocycles. The zero-order chi connectivity index (χ0) is 14.8. The topological polar surface area (TPSA) is 38.3 Å². The van der Waals surface area contributed by atoms with Crippen LogP contribution in [0.15, 0.2) is 24.3 Å². The Hall–Kier alpha value is -1.72. The molecule has 110 valence electrons. The zero-order valence-corrected chi connectivity index (χ0v) is 11.0. The molecule has 1 aliphatic rings. The highest BCUT2D eigenvalue weighted by Crippen LogP contribution is 2.50. The number of carbonyl (C=O) groups is 1. The van der Waals surface area contributed by atoms with Crippen molar-refractivity contribution in [1.82, 2.24) is 5.32 Å². The fraction of sp³-hybridized carbons (Fsp3) is 0.500. The fourth-order valence-corrected chi connectivity index (χ4v) is 1.91. The largest absolute Gasteiger partial charge is 0.489 e. The molecule has 0 aliphatic heterocycles. The molecule has 0 spiro atoms. The van der Waals surface area contributed by atoms with Crippen LogP contribution >= 0.6 is 0 Å². The summed E-state index contributed by atoms with van der Waals surface area (Å²) in [4.78, 5) is 11.7. The van der Waals surface area contributed by atoms with Gasteiger partial charge in [-0.1, -0.05) is 6.07 Å². The maximum absolute atomic E-state index is 13.0. The minimum atomic E-state index is -2.64. The number of hydrogen-bond acceptors (Lipinski definition) is 2. The van der Waals surface area contributed by atoms with Crippen LogP contribution in [0, 0.1) is 11.2 Å². The second-order valence-corrected chi connectivity index (χ2v) is 5.05. The van der Waals surface area contributed by atoms with Crippen molar-refractivity contribution in [1.29, 1.82) is 0 Å². The second kappa shape index (κ2) is 5.73. The number of carbonyl (C=O) groups excluding carboxylic acids is 1. The van der Waals surface area contributed by atoms with Crippen LogP contribution in [0.4, 0.5) is 13.2 Å². The maximum atomic E-state index is 13.0. The third kappa shape index (κ3) is 3.23. The van der Waals surface area contributed by atoms with Gasteiger partial charge in [-0.05, 0) is 31.9 Å². The van der Waals surface area contributed by atoms with E-state index in [9.17, 15) is 18.0 Å². The van der Waals surface area contributed by atoms with Gasteiger partial charge in [0.05, 0.1) is 6.54 Å². The smallest absolute Gasteiger partial charge is 0.252 e. The molecular weight excluding hydrogens is 271 g/mol. The Morgan fingerprint density at radius 3 is 2.70 bits per heavy atom. The van der Waals surface area contributed by atoms with Crippen LogP contribution < -0.4 is 10.1 Å².